The number of piperidine rings is 1. The third-order valence-corrected chi connectivity index (χ3v) is 6.07. The lowest BCUT2D eigenvalue weighted by Crippen LogP contribution is -2.45. The van der Waals surface area contributed by atoms with Crippen molar-refractivity contribution >= 4 is 23.6 Å². The maximum Gasteiger partial charge on any atom is 0.287 e. The first-order valence-corrected chi connectivity index (χ1v) is 10.6. The van der Waals surface area contributed by atoms with Crippen LogP contribution in [0.2, 0.25) is 0 Å². The molecule has 5 nitrogen and oxygen atoms in total. The largest absolute Gasteiger partial charge is 0.459 e. The van der Waals surface area contributed by atoms with Crippen molar-refractivity contribution in [3.63, 3.8) is 0 Å². The van der Waals surface area contributed by atoms with Gasteiger partial charge in [-0.05, 0) is 49.5 Å². The predicted molar refractivity (Wildman–Crippen MR) is 114 cm³/mol. The number of benzene rings is 1. The number of hydrogen-bond acceptors (Lipinski definition) is 4. The minimum absolute atomic E-state index is 0.0494. The van der Waals surface area contributed by atoms with E-state index in [2.05, 4.69) is 22.3 Å². The van der Waals surface area contributed by atoms with Gasteiger partial charge in [-0.15, -0.1) is 0 Å². The summed E-state index contributed by atoms with van der Waals surface area (Å²) in [6.07, 6.45) is 7.65. The number of amides is 1. The van der Waals surface area contributed by atoms with Crippen molar-refractivity contribution < 1.29 is 13.9 Å². The Labute approximate surface area is 176 Å². The second-order valence-electron chi connectivity index (χ2n) is 7.93. The van der Waals surface area contributed by atoms with Gasteiger partial charge in [-0.1, -0.05) is 41.9 Å². The summed E-state index contributed by atoms with van der Waals surface area (Å²) in [4.78, 5) is 14.4. The number of rotatable bonds is 6. The van der Waals surface area contributed by atoms with Crippen molar-refractivity contribution in [3.05, 3.63) is 65.1 Å². The van der Waals surface area contributed by atoms with Gasteiger partial charge in [-0.25, -0.2) is 0 Å². The molecule has 2 aliphatic heterocycles. The molecule has 0 saturated carbocycles. The van der Waals surface area contributed by atoms with Crippen LogP contribution in [0.25, 0.3) is 6.08 Å². The molecule has 154 valence electrons. The molecule has 2 aliphatic rings. The van der Waals surface area contributed by atoms with Gasteiger partial charge in [0, 0.05) is 31.2 Å². The number of likely N-dealkylation sites (tertiary alicyclic amines) is 1. The summed E-state index contributed by atoms with van der Waals surface area (Å²) in [5.74, 6) is 0.153. The molecule has 1 unspecified atom stereocenters. The van der Waals surface area contributed by atoms with E-state index in [-0.39, 0.29) is 17.6 Å². The molecule has 0 aliphatic carbocycles. The molecule has 0 bridgehead atoms. The van der Waals surface area contributed by atoms with Gasteiger partial charge in [-0.2, -0.15) is 0 Å². The average molecular weight is 415 g/mol. The molecule has 4 rings (SSSR count). The second-order valence-corrected chi connectivity index (χ2v) is 8.41. The molecule has 0 radical (unpaired) electrons. The number of halogens is 1. The first-order valence-electron chi connectivity index (χ1n) is 10.2. The first kappa shape index (κ1) is 20.2. The van der Waals surface area contributed by atoms with E-state index in [0.717, 1.165) is 55.9 Å². The molecule has 1 atom stereocenters. The fourth-order valence-corrected chi connectivity index (χ4v) is 4.51. The van der Waals surface area contributed by atoms with Crippen molar-refractivity contribution in [2.45, 2.75) is 37.4 Å². The highest BCUT2D eigenvalue weighted by atomic mass is 35.5. The number of ether oxygens (including phenoxy) is 1. The normalized spacial score (nSPS) is 22.1. The number of nitrogens with zero attached hydrogens (tertiary/aromatic N) is 1. The van der Waals surface area contributed by atoms with Crippen LogP contribution in [-0.2, 0) is 4.74 Å². The maximum atomic E-state index is 12.0. The quantitative estimate of drug-likeness (QED) is 0.765. The van der Waals surface area contributed by atoms with Gasteiger partial charge in [-0.3, -0.25) is 9.69 Å². The van der Waals surface area contributed by atoms with E-state index in [9.17, 15) is 4.79 Å². The standard InChI is InChI=1S/C23H27ClN2O3/c24-19(15-18-5-2-1-3-6-18)17-26-12-10-23(11-13-26)9-8-20(29-23)16-25-22(27)21-7-4-14-28-21/h1-7,14-15,20H,8-13,16-17H2,(H,25,27). The fourth-order valence-electron chi connectivity index (χ4n) is 4.22. The zero-order chi connectivity index (χ0) is 20.1. The monoisotopic (exact) mass is 414 g/mol. The van der Waals surface area contributed by atoms with Crippen LogP contribution in [0.15, 0.2) is 58.2 Å². The summed E-state index contributed by atoms with van der Waals surface area (Å²) in [6, 6.07) is 13.5. The Bertz CT molecular complexity index is 827. The summed E-state index contributed by atoms with van der Waals surface area (Å²) in [7, 11) is 0. The van der Waals surface area contributed by atoms with E-state index in [1.165, 1.54) is 6.26 Å². The van der Waals surface area contributed by atoms with Crippen molar-refractivity contribution in [1.29, 1.82) is 0 Å². The van der Waals surface area contributed by atoms with Gasteiger partial charge < -0.3 is 14.5 Å². The minimum atomic E-state index is -0.186. The Balaban J connectivity index is 1.22. The summed E-state index contributed by atoms with van der Waals surface area (Å²) in [5, 5.41) is 3.77. The topological polar surface area (TPSA) is 54.7 Å². The summed E-state index contributed by atoms with van der Waals surface area (Å²) < 4.78 is 11.5. The maximum absolute atomic E-state index is 12.0. The Morgan fingerprint density at radius 3 is 2.69 bits per heavy atom. The Kier molecular flexibility index (Phi) is 6.38. The van der Waals surface area contributed by atoms with Crippen LogP contribution in [0.3, 0.4) is 0 Å². The van der Waals surface area contributed by atoms with Crippen LogP contribution in [0, 0.1) is 0 Å². The van der Waals surface area contributed by atoms with E-state index in [1.807, 2.05) is 24.3 Å². The molecule has 2 saturated heterocycles. The molecule has 1 aromatic heterocycles. The molecule has 29 heavy (non-hydrogen) atoms. The highest BCUT2D eigenvalue weighted by molar-refractivity contribution is 6.31. The number of nitrogens with one attached hydrogen (secondary N) is 1. The molecule has 1 amide bonds. The third-order valence-electron chi connectivity index (χ3n) is 5.84. The van der Waals surface area contributed by atoms with Gasteiger partial charge in [0.2, 0.25) is 0 Å². The SMILES string of the molecule is O=C(NCC1CCC2(CCN(CC(Cl)=Cc3ccccc3)CC2)O1)c1ccco1. The van der Waals surface area contributed by atoms with Crippen LogP contribution >= 0.6 is 11.6 Å². The van der Waals surface area contributed by atoms with E-state index >= 15 is 0 Å². The minimum Gasteiger partial charge on any atom is -0.459 e. The lowest BCUT2D eigenvalue weighted by Gasteiger charge is -2.39. The number of carbonyl (C=O) groups is 1. The van der Waals surface area contributed by atoms with Crippen LogP contribution in [0.5, 0.6) is 0 Å². The van der Waals surface area contributed by atoms with Gasteiger partial charge in [0.1, 0.15) is 0 Å². The van der Waals surface area contributed by atoms with Crippen LogP contribution in [0.1, 0.15) is 41.8 Å². The molecular formula is C23H27ClN2O3. The molecule has 2 fully saturated rings. The van der Waals surface area contributed by atoms with Gasteiger partial charge in [0.05, 0.1) is 18.0 Å². The number of furan rings is 1. The average Bonchev–Trinajstić information content (AvgIpc) is 3.40. The van der Waals surface area contributed by atoms with E-state index in [4.69, 9.17) is 20.8 Å². The molecule has 3 heterocycles. The lowest BCUT2D eigenvalue weighted by molar-refractivity contribution is -0.0742. The number of carbonyl (C=O) groups excluding carboxylic acids is 1. The predicted octanol–water partition coefficient (Wildman–Crippen LogP) is 4.30. The third kappa shape index (κ3) is 5.30. The van der Waals surface area contributed by atoms with Gasteiger partial charge >= 0.3 is 0 Å². The summed E-state index contributed by atoms with van der Waals surface area (Å²) in [6.45, 7) is 3.25. The van der Waals surface area contributed by atoms with E-state index < -0.39 is 0 Å². The van der Waals surface area contributed by atoms with Gasteiger partial charge in [0.25, 0.3) is 5.91 Å². The number of hydrogen-bond donors (Lipinski definition) is 1. The molecule has 2 aromatic rings. The van der Waals surface area contributed by atoms with Gasteiger partial charge in [0.15, 0.2) is 5.76 Å². The first-order chi connectivity index (χ1) is 14.1. The Morgan fingerprint density at radius 2 is 1.97 bits per heavy atom. The zero-order valence-electron chi connectivity index (χ0n) is 16.5. The molecule has 1 aromatic carbocycles. The molecule has 1 spiro atoms. The van der Waals surface area contributed by atoms with Crippen molar-refractivity contribution in [3.8, 4) is 0 Å². The fraction of sp³-hybridized carbons (Fsp3) is 0.435. The highest BCUT2D eigenvalue weighted by Gasteiger charge is 2.42. The van der Waals surface area contributed by atoms with E-state index in [0.29, 0.717) is 12.3 Å². The highest BCUT2D eigenvalue weighted by Crippen LogP contribution is 2.39. The molecule has 6 heteroatoms. The smallest absolute Gasteiger partial charge is 0.287 e. The van der Waals surface area contributed by atoms with E-state index in [1.54, 1.807) is 12.1 Å². The summed E-state index contributed by atoms with van der Waals surface area (Å²) >= 11 is 6.48. The van der Waals surface area contributed by atoms with Crippen LogP contribution in [-0.4, -0.2) is 48.7 Å². The van der Waals surface area contributed by atoms with Crippen LogP contribution in [0.4, 0.5) is 0 Å². The second kappa shape index (κ2) is 9.16. The van der Waals surface area contributed by atoms with Crippen molar-refractivity contribution in [2.24, 2.45) is 0 Å². The van der Waals surface area contributed by atoms with Crippen molar-refractivity contribution in [1.82, 2.24) is 10.2 Å². The Hall–Kier alpha value is -2.08. The summed E-state index contributed by atoms with van der Waals surface area (Å²) in [5.41, 5.74) is 1.08. The Morgan fingerprint density at radius 1 is 1.17 bits per heavy atom. The van der Waals surface area contributed by atoms with Crippen molar-refractivity contribution in [2.75, 3.05) is 26.2 Å². The molecule has 1 N–H and O–H groups in total. The lowest BCUT2D eigenvalue weighted by atomic mass is 9.88. The van der Waals surface area contributed by atoms with Crippen LogP contribution < -0.4 is 5.32 Å². The molecular weight excluding hydrogens is 388 g/mol. The zero-order valence-corrected chi connectivity index (χ0v) is 17.2.